The Hall–Kier alpha value is -1.46. The van der Waals surface area contributed by atoms with Crippen LogP contribution in [0.4, 0.5) is 0 Å². The SMILES string of the molecule is CCCNC(C)c1ccc(Oc2cncc(Br)c2)nc1. The molecule has 1 N–H and O–H groups in total. The second kappa shape index (κ2) is 7.36. The van der Waals surface area contributed by atoms with Crippen LogP contribution >= 0.6 is 15.9 Å². The average Bonchev–Trinajstić information content (AvgIpc) is 2.45. The third kappa shape index (κ3) is 4.28. The molecular weight excluding hydrogens is 318 g/mol. The van der Waals surface area contributed by atoms with E-state index in [-0.39, 0.29) is 0 Å². The van der Waals surface area contributed by atoms with Gasteiger partial charge in [0.25, 0.3) is 0 Å². The number of nitrogens with zero attached hydrogens (tertiary/aromatic N) is 2. The van der Waals surface area contributed by atoms with Crippen molar-refractivity contribution in [3.05, 3.63) is 46.8 Å². The van der Waals surface area contributed by atoms with E-state index in [1.807, 2.05) is 24.4 Å². The summed E-state index contributed by atoms with van der Waals surface area (Å²) in [5, 5.41) is 3.43. The van der Waals surface area contributed by atoms with E-state index in [0.717, 1.165) is 23.0 Å². The van der Waals surface area contributed by atoms with Gasteiger partial charge in [-0.05, 0) is 47.4 Å². The number of hydrogen-bond donors (Lipinski definition) is 1. The largest absolute Gasteiger partial charge is 0.437 e. The zero-order chi connectivity index (χ0) is 14.4. The van der Waals surface area contributed by atoms with Gasteiger partial charge in [-0.1, -0.05) is 13.0 Å². The lowest BCUT2D eigenvalue weighted by atomic mass is 10.1. The normalized spacial score (nSPS) is 12.2. The summed E-state index contributed by atoms with van der Waals surface area (Å²) in [4.78, 5) is 8.38. The monoisotopic (exact) mass is 335 g/mol. The summed E-state index contributed by atoms with van der Waals surface area (Å²) >= 11 is 3.36. The predicted octanol–water partition coefficient (Wildman–Crippen LogP) is 4.09. The molecule has 0 bridgehead atoms. The molecule has 4 nitrogen and oxygen atoms in total. The summed E-state index contributed by atoms with van der Waals surface area (Å²) in [7, 11) is 0. The molecule has 0 saturated heterocycles. The van der Waals surface area contributed by atoms with Crippen molar-refractivity contribution in [1.82, 2.24) is 15.3 Å². The number of nitrogens with one attached hydrogen (secondary N) is 1. The molecule has 2 heterocycles. The number of pyridine rings is 2. The quantitative estimate of drug-likeness (QED) is 0.863. The summed E-state index contributed by atoms with van der Waals surface area (Å²) in [6.45, 7) is 5.29. The summed E-state index contributed by atoms with van der Waals surface area (Å²) in [6.07, 6.45) is 6.33. The van der Waals surface area contributed by atoms with Crippen LogP contribution in [-0.2, 0) is 0 Å². The summed E-state index contributed by atoms with van der Waals surface area (Å²) in [6, 6.07) is 6.05. The average molecular weight is 336 g/mol. The van der Waals surface area contributed by atoms with Crippen molar-refractivity contribution in [3.63, 3.8) is 0 Å². The van der Waals surface area contributed by atoms with Crippen molar-refractivity contribution < 1.29 is 4.74 Å². The standard InChI is InChI=1S/C15H18BrN3O/c1-3-6-18-11(2)12-4-5-15(19-8-12)20-14-7-13(16)9-17-10-14/h4-5,7-11,18H,3,6H2,1-2H3. The van der Waals surface area contributed by atoms with Gasteiger partial charge in [0.2, 0.25) is 5.88 Å². The maximum Gasteiger partial charge on any atom is 0.219 e. The molecular formula is C15H18BrN3O. The highest BCUT2D eigenvalue weighted by Crippen LogP contribution is 2.22. The number of rotatable bonds is 6. The Morgan fingerprint density at radius 3 is 2.80 bits per heavy atom. The van der Waals surface area contributed by atoms with Crippen LogP contribution in [0.1, 0.15) is 31.9 Å². The smallest absolute Gasteiger partial charge is 0.219 e. The van der Waals surface area contributed by atoms with Crippen molar-refractivity contribution in [2.24, 2.45) is 0 Å². The van der Waals surface area contributed by atoms with Crippen LogP contribution in [0.2, 0.25) is 0 Å². The fourth-order valence-corrected chi connectivity index (χ4v) is 2.10. The Labute approximate surface area is 127 Å². The van der Waals surface area contributed by atoms with Gasteiger partial charge >= 0.3 is 0 Å². The molecule has 0 aliphatic rings. The lowest BCUT2D eigenvalue weighted by Gasteiger charge is -2.13. The zero-order valence-corrected chi connectivity index (χ0v) is 13.2. The minimum absolute atomic E-state index is 0.295. The highest BCUT2D eigenvalue weighted by Gasteiger charge is 2.06. The fraction of sp³-hybridized carbons (Fsp3) is 0.333. The van der Waals surface area contributed by atoms with Crippen molar-refractivity contribution >= 4 is 15.9 Å². The molecule has 0 aromatic carbocycles. The third-order valence-electron chi connectivity index (χ3n) is 2.86. The second-order valence-electron chi connectivity index (χ2n) is 4.55. The van der Waals surface area contributed by atoms with Crippen molar-refractivity contribution in [2.75, 3.05) is 6.54 Å². The molecule has 0 saturated carbocycles. The summed E-state index contributed by atoms with van der Waals surface area (Å²) in [5.74, 6) is 1.23. The molecule has 5 heteroatoms. The van der Waals surface area contributed by atoms with E-state index in [4.69, 9.17) is 4.74 Å². The first-order valence-corrected chi connectivity index (χ1v) is 7.46. The van der Waals surface area contributed by atoms with E-state index in [0.29, 0.717) is 17.7 Å². The Kier molecular flexibility index (Phi) is 5.49. The van der Waals surface area contributed by atoms with Crippen LogP contribution < -0.4 is 10.1 Å². The highest BCUT2D eigenvalue weighted by atomic mass is 79.9. The topological polar surface area (TPSA) is 47.0 Å². The maximum absolute atomic E-state index is 5.65. The van der Waals surface area contributed by atoms with Crippen molar-refractivity contribution in [2.45, 2.75) is 26.3 Å². The number of aromatic nitrogens is 2. The van der Waals surface area contributed by atoms with E-state index in [1.165, 1.54) is 0 Å². The molecule has 1 unspecified atom stereocenters. The first kappa shape index (κ1) is 14.9. The molecule has 20 heavy (non-hydrogen) atoms. The van der Waals surface area contributed by atoms with Crippen LogP contribution in [0.25, 0.3) is 0 Å². The lowest BCUT2D eigenvalue weighted by Crippen LogP contribution is -2.19. The van der Waals surface area contributed by atoms with E-state index < -0.39 is 0 Å². The molecule has 2 aromatic rings. The first-order valence-electron chi connectivity index (χ1n) is 6.66. The van der Waals surface area contributed by atoms with Gasteiger partial charge in [-0.3, -0.25) is 4.98 Å². The number of hydrogen-bond acceptors (Lipinski definition) is 4. The van der Waals surface area contributed by atoms with Gasteiger partial charge in [-0.15, -0.1) is 0 Å². The minimum atomic E-state index is 0.295. The second-order valence-corrected chi connectivity index (χ2v) is 5.46. The third-order valence-corrected chi connectivity index (χ3v) is 3.30. The molecule has 0 spiro atoms. The number of ether oxygens (including phenoxy) is 1. The summed E-state index contributed by atoms with van der Waals surface area (Å²) < 4.78 is 6.53. The van der Waals surface area contributed by atoms with Gasteiger partial charge in [0.1, 0.15) is 5.75 Å². The molecule has 0 aliphatic heterocycles. The van der Waals surface area contributed by atoms with E-state index in [9.17, 15) is 0 Å². The molecule has 1 atom stereocenters. The zero-order valence-electron chi connectivity index (χ0n) is 11.6. The molecule has 0 aliphatic carbocycles. The van der Waals surface area contributed by atoms with E-state index in [1.54, 1.807) is 12.4 Å². The van der Waals surface area contributed by atoms with Crippen LogP contribution in [0.3, 0.4) is 0 Å². The van der Waals surface area contributed by atoms with Crippen molar-refractivity contribution in [1.29, 1.82) is 0 Å². The van der Waals surface area contributed by atoms with Crippen molar-refractivity contribution in [3.8, 4) is 11.6 Å². The van der Waals surface area contributed by atoms with Gasteiger partial charge < -0.3 is 10.1 Å². The minimum Gasteiger partial charge on any atom is -0.437 e. The van der Waals surface area contributed by atoms with Gasteiger partial charge in [0, 0.05) is 29.0 Å². The molecule has 0 radical (unpaired) electrons. The summed E-state index contributed by atoms with van der Waals surface area (Å²) in [5.41, 5.74) is 1.15. The lowest BCUT2D eigenvalue weighted by molar-refractivity contribution is 0.459. The van der Waals surface area contributed by atoms with E-state index in [2.05, 4.69) is 45.1 Å². The molecule has 0 fully saturated rings. The van der Waals surface area contributed by atoms with Gasteiger partial charge in [-0.2, -0.15) is 0 Å². The fourth-order valence-electron chi connectivity index (χ4n) is 1.76. The molecule has 106 valence electrons. The van der Waals surface area contributed by atoms with Gasteiger partial charge in [0.15, 0.2) is 0 Å². The van der Waals surface area contributed by atoms with Crippen LogP contribution in [-0.4, -0.2) is 16.5 Å². The van der Waals surface area contributed by atoms with Gasteiger partial charge in [-0.25, -0.2) is 4.98 Å². The van der Waals surface area contributed by atoms with Crippen LogP contribution in [0.5, 0.6) is 11.6 Å². The molecule has 0 amide bonds. The highest BCUT2D eigenvalue weighted by molar-refractivity contribution is 9.10. The molecule has 2 aromatic heterocycles. The Morgan fingerprint density at radius 2 is 2.15 bits per heavy atom. The van der Waals surface area contributed by atoms with Crippen LogP contribution in [0.15, 0.2) is 41.3 Å². The predicted molar refractivity (Wildman–Crippen MR) is 83.0 cm³/mol. The first-order chi connectivity index (χ1) is 9.69. The number of halogens is 1. The Balaban J connectivity index is 2.01. The van der Waals surface area contributed by atoms with Gasteiger partial charge in [0.05, 0.1) is 6.20 Å². The molecule has 2 rings (SSSR count). The maximum atomic E-state index is 5.65. The Bertz CT molecular complexity index is 545. The van der Waals surface area contributed by atoms with Crippen LogP contribution in [0, 0.1) is 0 Å². The van der Waals surface area contributed by atoms with E-state index >= 15 is 0 Å². The Morgan fingerprint density at radius 1 is 1.30 bits per heavy atom.